The molecule has 35 heavy (non-hydrogen) atoms. The van der Waals surface area contributed by atoms with Crippen LogP contribution in [0.2, 0.25) is 0 Å². The van der Waals surface area contributed by atoms with Crippen LogP contribution in [0, 0.1) is 12.7 Å². The first-order valence-electron chi connectivity index (χ1n) is 12.1. The van der Waals surface area contributed by atoms with E-state index in [1.807, 2.05) is 37.3 Å². The molecule has 0 saturated heterocycles. The topological polar surface area (TPSA) is 67.2 Å². The molecule has 7 heteroatoms. The first-order chi connectivity index (χ1) is 16.6. The maximum absolute atomic E-state index is 13.7. The number of anilines is 1. The second kappa shape index (κ2) is 11.3. The van der Waals surface area contributed by atoms with Crippen molar-refractivity contribution in [3.8, 4) is 5.69 Å². The van der Waals surface area contributed by atoms with Gasteiger partial charge < -0.3 is 10.2 Å². The van der Waals surface area contributed by atoms with Crippen LogP contribution < -0.4 is 5.32 Å². The van der Waals surface area contributed by atoms with E-state index in [2.05, 4.69) is 33.0 Å². The van der Waals surface area contributed by atoms with Crippen molar-refractivity contribution in [3.05, 3.63) is 77.2 Å². The average molecular weight is 479 g/mol. The number of para-hydroxylation sites is 1. The molecule has 0 bridgehead atoms. The summed E-state index contributed by atoms with van der Waals surface area (Å²) in [5, 5.41) is 7.74. The van der Waals surface area contributed by atoms with E-state index >= 15 is 0 Å². The molecule has 0 aliphatic heterocycles. The number of benzene rings is 2. The van der Waals surface area contributed by atoms with Crippen LogP contribution in [0.25, 0.3) is 5.69 Å². The second-order valence-electron chi connectivity index (χ2n) is 9.86. The summed E-state index contributed by atoms with van der Waals surface area (Å²) in [6, 6.07) is 15.3. The third kappa shape index (κ3) is 6.78. The zero-order valence-corrected chi connectivity index (χ0v) is 21.3. The highest BCUT2D eigenvalue weighted by Gasteiger charge is 2.24. The van der Waals surface area contributed by atoms with Gasteiger partial charge in [-0.2, -0.15) is 5.10 Å². The van der Waals surface area contributed by atoms with E-state index in [-0.39, 0.29) is 29.3 Å². The number of amides is 2. The monoisotopic (exact) mass is 478 g/mol. The molecule has 0 radical (unpaired) electrons. The SMILES string of the molecule is CCCCCN(CC(=O)Nc1cc(C(C)(C)C)nn1-c1ccccc1C)C(=O)c1cccc(F)c1. The molecular weight excluding hydrogens is 443 g/mol. The molecule has 186 valence electrons. The first-order valence-corrected chi connectivity index (χ1v) is 12.1. The number of hydrogen-bond acceptors (Lipinski definition) is 3. The predicted octanol–water partition coefficient (Wildman–Crippen LogP) is 5.89. The van der Waals surface area contributed by atoms with Gasteiger partial charge in [-0.1, -0.05) is 64.8 Å². The van der Waals surface area contributed by atoms with Gasteiger partial charge in [0.05, 0.1) is 11.4 Å². The summed E-state index contributed by atoms with van der Waals surface area (Å²) in [5.41, 5.74) is 2.75. The number of carbonyl (C=O) groups is 2. The van der Waals surface area contributed by atoms with E-state index in [9.17, 15) is 14.0 Å². The zero-order chi connectivity index (χ0) is 25.6. The standard InChI is InChI=1S/C28H35FN4O2/c1-6-7-10-16-32(27(35)21-13-11-14-22(29)17-21)19-26(34)30-25-18-24(28(3,4)5)31-33(25)23-15-9-8-12-20(23)2/h8-9,11-15,17-18H,6-7,10,16,19H2,1-5H3,(H,30,34). The van der Waals surface area contributed by atoms with Crippen molar-refractivity contribution in [2.75, 3.05) is 18.4 Å². The maximum atomic E-state index is 13.7. The largest absolute Gasteiger partial charge is 0.329 e. The van der Waals surface area contributed by atoms with Crippen LogP contribution in [-0.4, -0.2) is 39.6 Å². The van der Waals surface area contributed by atoms with Crippen LogP contribution in [0.5, 0.6) is 0 Å². The highest BCUT2D eigenvalue weighted by molar-refractivity contribution is 5.99. The number of hydrogen-bond donors (Lipinski definition) is 1. The summed E-state index contributed by atoms with van der Waals surface area (Å²) < 4.78 is 15.5. The minimum Gasteiger partial charge on any atom is -0.329 e. The molecular formula is C28H35FN4O2. The molecule has 1 heterocycles. The van der Waals surface area contributed by atoms with Gasteiger partial charge in [0, 0.05) is 23.6 Å². The number of aromatic nitrogens is 2. The maximum Gasteiger partial charge on any atom is 0.254 e. The molecule has 0 aliphatic rings. The minimum absolute atomic E-state index is 0.136. The van der Waals surface area contributed by atoms with E-state index < -0.39 is 5.82 Å². The molecule has 2 amide bonds. The second-order valence-corrected chi connectivity index (χ2v) is 9.86. The van der Waals surface area contributed by atoms with Crippen LogP contribution in [0.1, 0.15) is 68.6 Å². The van der Waals surface area contributed by atoms with Gasteiger partial charge in [0.25, 0.3) is 5.91 Å². The molecule has 0 fully saturated rings. The number of unbranched alkanes of at least 4 members (excludes halogenated alkanes) is 2. The molecule has 0 aliphatic carbocycles. The fraction of sp³-hybridized carbons (Fsp3) is 0.393. The van der Waals surface area contributed by atoms with Crippen molar-refractivity contribution >= 4 is 17.6 Å². The lowest BCUT2D eigenvalue weighted by molar-refractivity contribution is -0.117. The third-order valence-electron chi connectivity index (χ3n) is 5.81. The smallest absolute Gasteiger partial charge is 0.254 e. The van der Waals surface area contributed by atoms with Crippen molar-refractivity contribution in [1.82, 2.24) is 14.7 Å². The Labute approximate surface area is 207 Å². The van der Waals surface area contributed by atoms with Gasteiger partial charge in [0.2, 0.25) is 5.91 Å². The van der Waals surface area contributed by atoms with Crippen LogP contribution in [0.3, 0.4) is 0 Å². The molecule has 0 unspecified atom stereocenters. The molecule has 1 N–H and O–H groups in total. The summed E-state index contributed by atoms with van der Waals surface area (Å²) in [7, 11) is 0. The fourth-order valence-corrected chi connectivity index (χ4v) is 3.79. The van der Waals surface area contributed by atoms with Gasteiger partial charge in [-0.05, 0) is 43.2 Å². The van der Waals surface area contributed by atoms with Crippen LogP contribution in [0.15, 0.2) is 54.6 Å². The van der Waals surface area contributed by atoms with E-state index in [0.717, 1.165) is 36.2 Å². The highest BCUT2D eigenvalue weighted by atomic mass is 19.1. The molecule has 6 nitrogen and oxygen atoms in total. The quantitative estimate of drug-likeness (QED) is 0.390. The van der Waals surface area contributed by atoms with Crippen molar-refractivity contribution in [2.24, 2.45) is 0 Å². The summed E-state index contributed by atoms with van der Waals surface area (Å²) in [6.45, 7) is 10.5. The summed E-state index contributed by atoms with van der Waals surface area (Å²) in [4.78, 5) is 27.8. The molecule has 1 aromatic heterocycles. The lowest BCUT2D eigenvalue weighted by atomic mass is 9.92. The summed E-state index contributed by atoms with van der Waals surface area (Å²) in [5.74, 6) is -0.633. The van der Waals surface area contributed by atoms with Crippen molar-refractivity contribution in [3.63, 3.8) is 0 Å². The Morgan fingerprint density at radius 1 is 1.06 bits per heavy atom. The molecule has 3 rings (SSSR count). The normalized spacial score (nSPS) is 11.4. The Morgan fingerprint density at radius 3 is 2.46 bits per heavy atom. The Morgan fingerprint density at radius 2 is 1.80 bits per heavy atom. The Bertz CT molecular complexity index is 1180. The average Bonchev–Trinajstić information content (AvgIpc) is 3.22. The number of halogens is 1. The van der Waals surface area contributed by atoms with Crippen molar-refractivity contribution in [2.45, 2.75) is 59.3 Å². The van der Waals surface area contributed by atoms with Gasteiger partial charge in [-0.25, -0.2) is 9.07 Å². The number of nitrogens with one attached hydrogen (secondary N) is 1. The summed E-state index contributed by atoms with van der Waals surface area (Å²) in [6.07, 6.45) is 2.68. The fourth-order valence-electron chi connectivity index (χ4n) is 3.79. The number of rotatable bonds is 9. The minimum atomic E-state index is -0.481. The van der Waals surface area contributed by atoms with Gasteiger partial charge in [-0.3, -0.25) is 9.59 Å². The predicted molar refractivity (Wildman–Crippen MR) is 137 cm³/mol. The molecule has 2 aromatic carbocycles. The van der Waals surface area contributed by atoms with E-state index in [1.54, 1.807) is 10.7 Å². The molecule has 0 spiro atoms. The molecule has 3 aromatic rings. The first kappa shape index (κ1) is 26.1. The van der Waals surface area contributed by atoms with E-state index in [0.29, 0.717) is 12.4 Å². The highest BCUT2D eigenvalue weighted by Crippen LogP contribution is 2.27. The molecule has 0 atom stereocenters. The van der Waals surface area contributed by atoms with Crippen LogP contribution in [-0.2, 0) is 10.2 Å². The zero-order valence-electron chi connectivity index (χ0n) is 21.3. The van der Waals surface area contributed by atoms with Gasteiger partial charge in [-0.15, -0.1) is 0 Å². The van der Waals surface area contributed by atoms with Crippen LogP contribution >= 0.6 is 0 Å². The van der Waals surface area contributed by atoms with Gasteiger partial charge >= 0.3 is 0 Å². The number of nitrogens with zero attached hydrogens (tertiary/aromatic N) is 3. The lowest BCUT2D eigenvalue weighted by Crippen LogP contribution is -2.39. The Hall–Kier alpha value is -3.48. The molecule has 0 saturated carbocycles. The van der Waals surface area contributed by atoms with Crippen molar-refractivity contribution < 1.29 is 14.0 Å². The van der Waals surface area contributed by atoms with E-state index in [4.69, 9.17) is 5.10 Å². The lowest BCUT2D eigenvalue weighted by Gasteiger charge is -2.22. The summed E-state index contributed by atoms with van der Waals surface area (Å²) >= 11 is 0. The van der Waals surface area contributed by atoms with E-state index in [1.165, 1.54) is 23.1 Å². The third-order valence-corrected chi connectivity index (χ3v) is 5.81. The number of aryl methyl sites for hydroxylation is 1. The Balaban J connectivity index is 1.87. The van der Waals surface area contributed by atoms with Gasteiger partial charge in [0.1, 0.15) is 18.2 Å². The van der Waals surface area contributed by atoms with Crippen molar-refractivity contribution in [1.29, 1.82) is 0 Å². The van der Waals surface area contributed by atoms with Gasteiger partial charge in [0.15, 0.2) is 0 Å². The number of carbonyl (C=O) groups excluding carboxylic acids is 2. The Kier molecular flexibility index (Phi) is 8.43. The van der Waals surface area contributed by atoms with Crippen LogP contribution in [0.4, 0.5) is 10.2 Å².